The minimum atomic E-state index is -0.0859. The summed E-state index contributed by atoms with van der Waals surface area (Å²) in [7, 11) is 0. The number of aliphatic hydroxyl groups excluding tert-OH is 1. The molecule has 0 radical (unpaired) electrons. The fourth-order valence-corrected chi connectivity index (χ4v) is 3.14. The van der Waals surface area contributed by atoms with Gasteiger partial charge in [0.05, 0.1) is 6.61 Å². The molecule has 0 unspecified atom stereocenters. The van der Waals surface area contributed by atoms with Crippen molar-refractivity contribution in [1.82, 2.24) is 4.90 Å². The van der Waals surface area contributed by atoms with Gasteiger partial charge in [-0.2, -0.15) is 0 Å². The lowest BCUT2D eigenvalue weighted by Crippen LogP contribution is -2.37. The molecule has 1 aromatic carbocycles. The van der Waals surface area contributed by atoms with Crippen molar-refractivity contribution in [3.8, 4) is 5.75 Å². The van der Waals surface area contributed by atoms with Gasteiger partial charge in [0, 0.05) is 11.6 Å². The SMILES string of the molecule is CCCN(CCC)[C@@H]1Cc2ccc(CO)c(O)c2C1. The molecule has 19 heavy (non-hydrogen) atoms. The van der Waals surface area contributed by atoms with Crippen LogP contribution in [0.1, 0.15) is 43.4 Å². The van der Waals surface area contributed by atoms with Crippen LogP contribution in [0.2, 0.25) is 0 Å². The van der Waals surface area contributed by atoms with Crippen molar-refractivity contribution in [3.63, 3.8) is 0 Å². The molecule has 3 nitrogen and oxygen atoms in total. The number of hydrogen-bond donors (Lipinski definition) is 2. The lowest BCUT2D eigenvalue weighted by Gasteiger charge is -2.27. The summed E-state index contributed by atoms with van der Waals surface area (Å²) >= 11 is 0. The van der Waals surface area contributed by atoms with Gasteiger partial charge in [-0.1, -0.05) is 26.0 Å². The Morgan fingerprint density at radius 2 is 1.84 bits per heavy atom. The Balaban J connectivity index is 2.16. The summed E-state index contributed by atoms with van der Waals surface area (Å²) in [5, 5.41) is 19.4. The Hall–Kier alpha value is -1.06. The molecule has 106 valence electrons. The zero-order valence-corrected chi connectivity index (χ0v) is 12.0. The van der Waals surface area contributed by atoms with E-state index in [-0.39, 0.29) is 6.61 Å². The third-order valence-electron chi connectivity index (χ3n) is 4.07. The summed E-state index contributed by atoms with van der Waals surface area (Å²) in [5.41, 5.74) is 2.95. The van der Waals surface area contributed by atoms with Gasteiger partial charge in [0.25, 0.3) is 0 Å². The summed E-state index contributed by atoms with van der Waals surface area (Å²) in [6, 6.07) is 4.42. The Labute approximate surface area is 115 Å². The summed E-state index contributed by atoms with van der Waals surface area (Å²) in [6.07, 6.45) is 4.27. The van der Waals surface area contributed by atoms with Gasteiger partial charge in [0.1, 0.15) is 5.75 Å². The number of nitrogens with zero attached hydrogens (tertiary/aromatic N) is 1. The number of aliphatic hydroxyl groups is 1. The number of benzene rings is 1. The van der Waals surface area contributed by atoms with Crippen molar-refractivity contribution in [3.05, 3.63) is 28.8 Å². The molecule has 1 atom stereocenters. The van der Waals surface area contributed by atoms with E-state index in [1.807, 2.05) is 6.07 Å². The van der Waals surface area contributed by atoms with E-state index in [1.165, 1.54) is 18.4 Å². The molecule has 0 amide bonds. The number of hydrogen-bond acceptors (Lipinski definition) is 3. The molecule has 1 aliphatic rings. The molecule has 2 rings (SSSR count). The molecule has 1 aromatic rings. The van der Waals surface area contributed by atoms with Crippen LogP contribution in [0.5, 0.6) is 5.75 Å². The average molecular weight is 263 g/mol. The normalized spacial score (nSPS) is 18.0. The van der Waals surface area contributed by atoms with Crippen molar-refractivity contribution in [2.75, 3.05) is 13.1 Å². The maximum atomic E-state index is 10.2. The van der Waals surface area contributed by atoms with Gasteiger partial charge in [0.2, 0.25) is 0 Å². The summed E-state index contributed by atoms with van der Waals surface area (Å²) in [5.74, 6) is 0.315. The van der Waals surface area contributed by atoms with Gasteiger partial charge in [-0.3, -0.25) is 4.90 Å². The number of aromatic hydroxyl groups is 1. The van der Waals surface area contributed by atoms with E-state index in [9.17, 15) is 10.2 Å². The maximum Gasteiger partial charge on any atom is 0.124 e. The molecule has 0 aromatic heterocycles. The van der Waals surface area contributed by atoms with Gasteiger partial charge in [0.15, 0.2) is 0 Å². The topological polar surface area (TPSA) is 43.7 Å². The Morgan fingerprint density at radius 3 is 2.42 bits per heavy atom. The first kappa shape index (κ1) is 14.4. The highest BCUT2D eigenvalue weighted by molar-refractivity contribution is 5.48. The van der Waals surface area contributed by atoms with Gasteiger partial charge in [-0.05, 0) is 49.9 Å². The molecule has 0 saturated heterocycles. The van der Waals surface area contributed by atoms with Crippen LogP contribution in [0.15, 0.2) is 12.1 Å². The quantitative estimate of drug-likeness (QED) is 0.828. The summed E-state index contributed by atoms with van der Waals surface area (Å²) in [6.45, 7) is 6.59. The van der Waals surface area contributed by atoms with E-state index < -0.39 is 0 Å². The highest BCUT2D eigenvalue weighted by Crippen LogP contribution is 2.34. The molecule has 0 fully saturated rings. The lowest BCUT2D eigenvalue weighted by molar-refractivity contribution is 0.201. The molecule has 0 spiro atoms. The Morgan fingerprint density at radius 1 is 1.16 bits per heavy atom. The van der Waals surface area contributed by atoms with E-state index in [0.717, 1.165) is 31.5 Å². The van der Waals surface area contributed by atoms with Crippen molar-refractivity contribution in [2.24, 2.45) is 0 Å². The summed E-state index contributed by atoms with van der Waals surface area (Å²) < 4.78 is 0. The first-order valence-electron chi connectivity index (χ1n) is 7.38. The second kappa shape index (κ2) is 6.40. The first-order chi connectivity index (χ1) is 9.21. The average Bonchev–Trinajstić information content (AvgIpc) is 2.84. The standard InChI is InChI=1S/C16H25NO2/c1-3-7-17(8-4-2)14-9-12-5-6-13(11-18)16(19)15(12)10-14/h5-6,14,18-19H,3-4,7-11H2,1-2H3/t14-/m1/s1. The molecule has 0 aliphatic heterocycles. The van der Waals surface area contributed by atoms with Crippen molar-refractivity contribution in [1.29, 1.82) is 0 Å². The molecule has 0 saturated carbocycles. The van der Waals surface area contributed by atoms with Crippen molar-refractivity contribution < 1.29 is 10.2 Å². The fraction of sp³-hybridized carbons (Fsp3) is 0.625. The van der Waals surface area contributed by atoms with Crippen LogP contribution in [0.25, 0.3) is 0 Å². The first-order valence-corrected chi connectivity index (χ1v) is 7.38. The third-order valence-corrected chi connectivity index (χ3v) is 4.07. The predicted molar refractivity (Wildman–Crippen MR) is 77.4 cm³/mol. The van der Waals surface area contributed by atoms with Crippen LogP contribution in [-0.2, 0) is 19.4 Å². The lowest BCUT2D eigenvalue weighted by atomic mass is 10.1. The predicted octanol–water partition coefficient (Wildman–Crippen LogP) is 2.47. The van der Waals surface area contributed by atoms with E-state index in [2.05, 4.69) is 24.8 Å². The van der Waals surface area contributed by atoms with Crippen LogP contribution in [0.4, 0.5) is 0 Å². The number of phenols is 1. The van der Waals surface area contributed by atoms with Gasteiger partial charge >= 0.3 is 0 Å². The van der Waals surface area contributed by atoms with Gasteiger partial charge in [-0.15, -0.1) is 0 Å². The number of fused-ring (bicyclic) bond motifs is 1. The van der Waals surface area contributed by atoms with Crippen LogP contribution >= 0.6 is 0 Å². The summed E-state index contributed by atoms with van der Waals surface area (Å²) in [4.78, 5) is 2.54. The van der Waals surface area contributed by atoms with Crippen molar-refractivity contribution >= 4 is 0 Å². The highest BCUT2D eigenvalue weighted by atomic mass is 16.3. The van der Waals surface area contributed by atoms with Gasteiger partial charge < -0.3 is 10.2 Å². The second-order valence-electron chi connectivity index (χ2n) is 5.47. The molecular formula is C16H25NO2. The maximum absolute atomic E-state index is 10.2. The molecule has 2 N–H and O–H groups in total. The van der Waals surface area contributed by atoms with E-state index >= 15 is 0 Å². The monoisotopic (exact) mass is 263 g/mol. The smallest absolute Gasteiger partial charge is 0.124 e. The van der Waals surface area contributed by atoms with Crippen LogP contribution in [-0.4, -0.2) is 34.2 Å². The van der Waals surface area contributed by atoms with Gasteiger partial charge in [-0.25, -0.2) is 0 Å². The second-order valence-corrected chi connectivity index (χ2v) is 5.47. The minimum Gasteiger partial charge on any atom is -0.507 e. The van der Waals surface area contributed by atoms with E-state index in [4.69, 9.17) is 0 Å². The van der Waals surface area contributed by atoms with Crippen molar-refractivity contribution in [2.45, 2.75) is 52.2 Å². The Bertz CT molecular complexity index is 425. The zero-order valence-electron chi connectivity index (χ0n) is 12.0. The van der Waals surface area contributed by atoms with E-state index in [1.54, 1.807) is 0 Å². The Kier molecular flexibility index (Phi) is 4.83. The molecular weight excluding hydrogens is 238 g/mol. The van der Waals surface area contributed by atoms with Crippen LogP contribution < -0.4 is 0 Å². The van der Waals surface area contributed by atoms with E-state index in [0.29, 0.717) is 17.4 Å². The zero-order chi connectivity index (χ0) is 13.8. The molecule has 0 heterocycles. The van der Waals surface area contributed by atoms with Crippen LogP contribution in [0, 0.1) is 0 Å². The third kappa shape index (κ3) is 2.93. The fourth-order valence-electron chi connectivity index (χ4n) is 3.14. The van der Waals surface area contributed by atoms with Crippen LogP contribution in [0.3, 0.4) is 0 Å². The highest BCUT2D eigenvalue weighted by Gasteiger charge is 2.28. The minimum absolute atomic E-state index is 0.0859. The molecule has 1 aliphatic carbocycles. The molecule has 3 heteroatoms. The largest absolute Gasteiger partial charge is 0.507 e. The molecule has 0 bridgehead atoms. The number of rotatable bonds is 6.